The number of carbonyl (C=O) groups is 1. The van der Waals surface area contributed by atoms with E-state index < -0.39 is 5.60 Å². The quantitative estimate of drug-likeness (QED) is 0.788. The molecule has 0 aliphatic carbocycles. The number of pyridine rings is 1. The molecular formula is C16H25N3O2. The van der Waals surface area contributed by atoms with Crippen LogP contribution in [0.15, 0.2) is 24.5 Å². The van der Waals surface area contributed by atoms with Gasteiger partial charge in [0.15, 0.2) is 0 Å². The zero-order valence-corrected chi connectivity index (χ0v) is 13.2. The predicted octanol–water partition coefficient (Wildman–Crippen LogP) is 1.54. The number of esters is 1. The van der Waals surface area contributed by atoms with Gasteiger partial charge in [-0.25, -0.2) is 0 Å². The molecule has 1 aliphatic rings. The Bertz CT molecular complexity index is 448. The Hall–Kier alpha value is -1.46. The van der Waals surface area contributed by atoms with Gasteiger partial charge in [-0.05, 0) is 32.4 Å². The van der Waals surface area contributed by atoms with Crippen LogP contribution in [-0.4, -0.2) is 59.1 Å². The Morgan fingerprint density at radius 2 is 1.90 bits per heavy atom. The third kappa shape index (κ3) is 5.81. The molecule has 1 fully saturated rings. The fraction of sp³-hybridized carbons (Fsp3) is 0.625. The SMILES string of the molecule is CC(C)(C)OC(=O)CN1CCN(Cc2cccnc2)CC1. The predicted molar refractivity (Wildman–Crippen MR) is 81.8 cm³/mol. The van der Waals surface area contributed by atoms with Gasteiger partial charge in [-0.15, -0.1) is 0 Å². The molecular weight excluding hydrogens is 266 g/mol. The number of rotatable bonds is 4. The molecule has 0 bridgehead atoms. The summed E-state index contributed by atoms with van der Waals surface area (Å²) < 4.78 is 5.36. The van der Waals surface area contributed by atoms with E-state index in [2.05, 4.69) is 20.9 Å². The maximum atomic E-state index is 11.8. The first-order valence-corrected chi connectivity index (χ1v) is 7.48. The highest BCUT2D eigenvalue weighted by molar-refractivity contribution is 5.72. The van der Waals surface area contributed by atoms with Gasteiger partial charge in [-0.1, -0.05) is 6.07 Å². The molecule has 5 nitrogen and oxygen atoms in total. The Balaban J connectivity index is 1.72. The van der Waals surface area contributed by atoms with Crippen LogP contribution in [0.1, 0.15) is 26.3 Å². The van der Waals surface area contributed by atoms with Gasteiger partial charge in [0, 0.05) is 45.1 Å². The molecule has 21 heavy (non-hydrogen) atoms. The Kier molecular flexibility index (Phi) is 5.31. The zero-order valence-electron chi connectivity index (χ0n) is 13.2. The highest BCUT2D eigenvalue weighted by Crippen LogP contribution is 2.10. The third-order valence-electron chi connectivity index (χ3n) is 3.37. The van der Waals surface area contributed by atoms with E-state index in [4.69, 9.17) is 4.74 Å². The molecule has 0 N–H and O–H groups in total. The lowest BCUT2D eigenvalue weighted by Crippen LogP contribution is -2.48. The van der Waals surface area contributed by atoms with E-state index in [1.54, 1.807) is 6.20 Å². The molecule has 0 spiro atoms. The number of hydrogen-bond donors (Lipinski definition) is 0. The standard InChI is InChI=1S/C16H25N3O2/c1-16(2,3)21-15(20)13-19-9-7-18(8-10-19)12-14-5-4-6-17-11-14/h4-6,11H,7-10,12-13H2,1-3H3. The molecule has 0 aromatic carbocycles. The van der Waals surface area contributed by atoms with E-state index in [0.29, 0.717) is 6.54 Å². The summed E-state index contributed by atoms with van der Waals surface area (Å²) in [5, 5.41) is 0. The van der Waals surface area contributed by atoms with Crippen LogP contribution in [0.3, 0.4) is 0 Å². The number of carbonyl (C=O) groups excluding carboxylic acids is 1. The minimum atomic E-state index is -0.404. The van der Waals surface area contributed by atoms with Gasteiger partial charge < -0.3 is 4.74 Å². The van der Waals surface area contributed by atoms with Gasteiger partial charge in [0.2, 0.25) is 0 Å². The molecule has 5 heteroatoms. The molecule has 0 saturated carbocycles. The van der Waals surface area contributed by atoms with Crippen LogP contribution in [0.5, 0.6) is 0 Å². The minimum absolute atomic E-state index is 0.136. The zero-order chi connectivity index (χ0) is 15.3. The summed E-state index contributed by atoms with van der Waals surface area (Å²) in [7, 11) is 0. The van der Waals surface area contributed by atoms with E-state index in [9.17, 15) is 4.79 Å². The van der Waals surface area contributed by atoms with E-state index in [1.165, 1.54) is 5.56 Å². The second-order valence-corrected chi connectivity index (χ2v) is 6.50. The van der Waals surface area contributed by atoms with Gasteiger partial charge >= 0.3 is 5.97 Å². The first-order valence-electron chi connectivity index (χ1n) is 7.48. The van der Waals surface area contributed by atoms with Crippen molar-refractivity contribution in [3.05, 3.63) is 30.1 Å². The van der Waals surface area contributed by atoms with Crippen molar-refractivity contribution in [3.8, 4) is 0 Å². The molecule has 116 valence electrons. The van der Waals surface area contributed by atoms with Crippen molar-refractivity contribution in [1.29, 1.82) is 0 Å². The van der Waals surface area contributed by atoms with Gasteiger partial charge in [0.25, 0.3) is 0 Å². The lowest BCUT2D eigenvalue weighted by molar-refractivity contribution is -0.156. The monoisotopic (exact) mass is 291 g/mol. The Morgan fingerprint density at radius 3 is 2.48 bits per heavy atom. The highest BCUT2D eigenvalue weighted by Gasteiger charge is 2.22. The maximum absolute atomic E-state index is 11.8. The minimum Gasteiger partial charge on any atom is -0.459 e. The van der Waals surface area contributed by atoms with E-state index >= 15 is 0 Å². The smallest absolute Gasteiger partial charge is 0.320 e. The van der Waals surface area contributed by atoms with Gasteiger partial charge in [0.1, 0.15) is 5.60 Å². The highest BCUT2D eigenvalue weighted by atomic mass is 16.6. The average Bonchev–Trinajstić information content (AvgIpc) is 2.40. The second-order valence-electron chi connectivity index (χ2n) is 6.50. The largest absolute Gasteiger partial charge is 0.459 e. The van der Waals surface area contributed by atoms with E-state index in [1.807, 2.05) is 33.0 Å². The molecule has 0 radical (unpaired) electrons. The fourth-order valence-corrected chi connectivity index (χ4v) is 2.41. The van der Waals surface area contributed by atoms with Crippen LogP contribution < -0.4 is 0 Å². The van der Waals surface area contributed by atoms with Crippen molar-refractivity contribution in [3.63, 3.8) is 0 Å². The summed E-state index contributed by atoms with van der Waals surface area (Å²) in [5.41, 5.74) is 0.831. The molecule has 0 unspecified atom stereocenters. The Morgan fingerprint density at radius 1 is 1.24 bits per heavy atom. The van der Waals surface area contributed by atoms with Gasteiger partial charge in [-0.3, -0.25) is 19.6 Å². The molecule has 0 amide bonds. The maximum Gasteiger partial charge on any atom is 0.320 e. The van der Waals surface area contributed by atoms with Crippen LogP contribution >= 0.6 is 0 Å². The van der Waals surface area contributed by atoms with Gasteiger partial charge in [-0.2, -0.15) is 0 Å². The summed E-state index contributed by atoms with van der Waals surface area (Å²) in [6.07, 6.45) is 3.70. The van der Waals surface area contributed by atoms with Crippen molar-refractivity contribution in [1.82, 2.24) is 14.8 Å². The van der Waals surface area contributed by atoms with Crippen LogP contribution in [0.4, 0.5) is 0 Å². The van der Waals surface area contributed by atoms with Crippen molar-refractivity contribution in [2.24, 2.45) is 0 Å². The Labute approximate surface area is 126 Å². The lowest BCUT2D eigenvalue weighted by atomic mass is 10.2. The number of ether oxygens (including phenoxy) is 1. The van der Waals surface area contributed by atoms with Crippen LogP contribution in [0.2, 0.25) is 0 Å². The number of aromatic nitrogens is 1. The van der Waals surface area contributed by atoms with Crippen molar-refractivity contribution in [2.45, 2.75) is 32.9 Å². The summed E-state index contributed by atoms with van der Waals surface area (Å²) in [5.74, 6) is -0.136. The number of piperazine rings is 1. The molecule has 1 aromatic rings. The number of nitrogens with zero attached hydrogens (tertiary/aromatic N) is 3. The summed E-state index contributed by atoms with van der Waals surface area (Å²) in [6, 6.07) is 4.06. The molecule has 1 aromatic heterocycles. The van der Waals surface area contributed by atoms with Crippen molar-refractivity contribution < 1.29 is 9.53 Å². The van der Waals surface area contributed by atoms with Crippen molar-refractivity contribution >= 4 is 5.97 Å². The molecule has 0 atom stereocenters. The second kappa shape index (κ2) is 7.00. The van der Waals surface area contributed by atoms with Crippen LogP contribution in [0.25, 0.3) is 0 Å². The van der Waals surface area contributed by atoms with Gasteiger partial charge in [0.05, 0.1) is 6.54 Å². The normalized spacial score (nSPS) is 17.7. The first kappa shape index (κ1) is 15.9. The molecule has 2 rings (SSSR count). The fourth-order valence-electron chi connectivity index (χ4n) is 2.41. The average molecular weight is 291 g/mol. The summed E-state index contributed by atoms with van der Waals surface area (Å²) >= 11 is 0. The molecule has 2 heterocycles. The topological polar surface area (TPSA) is 45.7 Å². The lowest BCUT2D eigenvalue weighted by Gasteiger charge is -2.34. The van der Waals surface area contributed by atoms with Crippen molar-refractivity contribution in [2.75, 3.05) is 32.7 Å². The summed E-state index contributed by atoms with van der Waals surface area (Å²) in [4.78, 5) is 20.5. The number of hydrogen-bond acceptors (Lipinski definition) is 5. The van der Waals surface area contributed by atoms with Crippen LogP contribution in [0, 0.1) is 0 Å². The van der Waals surface area contributed by atoms with E-state index in [0.717, 1.165) is 32.7 Å². The van der Waals surface area contributed by atoms with E-state index in [-0.39, 0.29) is 5.97 Å². The molecule has 1 saturated heterocycles. The van der Waals surface area contributed by atoms with Crippen LogP contribution in [-0.2, 0) is 16.1 Å². The summed E-state index contributed by atoms with van der Waals surface area (Å²) in [6.45, 7) is 10.8. The third-order valence-corrected chi connectivity index (χ3v) is 3.37. The first-order chi connectivity index (χ1) is 9.92. The molecule has 1 aliphatic heterocycles.